The van der Waals surface area contributed by atoms with Crippen molar-refractivity contribution in [2.75, 3.05) is 0 Å². The van der Waals surface area contributed by atoms with E-state index in [-0.39, 0.29) is 23.0 Å². The fraction of sp³-hybridized carbons (Fsp3) is 0.222. The van der Waals surface area contributed by atoms with Crippen molar-refractivity contribution in [2.24, 2.45) is 0 Å². The first-order chi connectivity index (χ1) is 10.2. The second-order valence-corrected chi connectivity index (χ2v) is 6.47. The average Bonchev–Trinajstić information content (AvgIpc) is 2.74. The van der Waals surface area contributed by atoms with Gasteiger partial charge >= 0.3 is 0 Å². The number of rotatable bonds is 0. The molecule has 4 N–H and O–H groups in total. The zero-order valence-corrected chi connectivity index (χ0v) is 12.3. The predicted octanol–water partition coefficient (Wildman–Crippen LogP) is 3.00. The van der Waals surface area contributed by atoms with E-state index in [1.807, 2.05) is 13.8 Å². The van der Waals surface area contributed by atoms with E-state index in [2.05, 4.69) is 6.58 Å². The van der Waals surface area contributed by atoms with Crippen LogP contribution in [0.2, 0.25) is 0 Å². The maximum Gasteiger partial charge on any atom is 0.162 e. The van der Waals surface area contributed by atoms with Gasteiger partial charge in [-0.25, -0.2) is 0 Å². The van der Waals surface area contributed by atoms with Crippen LogP contribution in [0.15, 0.2) is 36.4 Å². The number of hydrogen-bond donors (Lipinski definition) is 4. The van der Waals surface area contributed by atoms with Crippen LogP contribution < -0.4 is 0 Å². The van der Waals surface area contributed by atoms with Crippen LogP contribution in [0.4, 0.5) is 0 Å². The molecule has 0 spiro atoms. The van der Waals surface area contributed by atoms with Gasteiger partial charge in [0.25, 0.3) is 0 Å². The summed E-state index contributed by atoms with van der Waals surface area (Å²) < 4.78 is 0. The summed E-state index contributed by atoms with van der Waals surface area (Å²) in [5, 5.41) is 40.0. The van der Waals surface area contributed by atoms with Crippen LogP contribution in [-0.4, -0.2) is 20.4 Å². The second kappa shape index (κ2) is 3.40. The van der Waals surface area contributed by atoms with E-state index in [0.717, 1.165) is 22.3 Å². The van der Waals surface area contributed by atoms with E-state index in [9.17, 15) is 20.4 Å². The predicted molar refractivity (Wildman–Crippen MR) is 81.6 cm³/mol. The van der Waals surface area contributed by atoms with E-state index in [4.69, 9.17) is 0 Å². The molecular weight excluding hydrogens is 280 g/mol. The highest BCUT2D eigenvalue weighted by molar-refractivity contribution is 5.80. The quantitative estimate of drug-likeness (QED) is 0.445. The second-order valence-electron chi connectivity index (χ2n) is 6.47. The maximum atomic E-state index is 10.4. The van der Waals surface area contributed by atoms with E-state index >= 15 is 0 Å². The Labute approximate surface area is 127 Å². The molecule has 0 saturated heterocycles. The van der Waals surface area contributed by atoms with Crippen LogP contribution in [0.3, 0.4) is 0 Å². The minimum absolute atomic E-state index is 0.150. The Bertz CT molecular complexity index is 879. The van der Waals surface area contributed by atoms with Crippen LogP contribution in [0.1, 0.15) is 36.1 Å². The van der Waals surface area contributed by atoms with Crippen LogP contribution in [-0.2, 0) is 10.8 Å². The number of phenolic OH excluding ortho intramolecular Hbond substituents is 4. The molecule has 2 aliphatic rings. The molecule has 0 radical (unpaired) electrons. The number of hydrogen-bond acceptors (Lipinski definition) is 4. The van der Waals surface area contributed by atoms with Gasteiger partial charge in [0.15, 0.2) is 23.0 Å². The fourth-order valence-corrected chi connectivity index (χ4v) is 4.33. The van der Waals surface area contributed by atoms with Gasteiger partial charge in [-0.1, -0.05) is 12.6 Å². The minimum Gasteiger partial charge on any atom is -0.504 e. The molecule has 4 heteroatoms. The van der Waals surface area contributed by atoms with Gasteiger partial charge < -0.3 is 20.4 Å². The van der Waals surface area contributed by atoms with E-state index in [1.54, 1.807) is 12.1 Å². The molecule has 2 unspecified atom stereocenters. The lowest BCUT2D eigenvalue weighted by atomic mass is 9.73. The van der Waals surface area contributed by atoms with Crippen molar-refractivity contribution in [1.29, 1.82) is 0 Å². The average molecular weight is 296 g/mol. The van der Waals surface area contributed by atoms with Gasteiger partial charge in [0.05, 0.1) is 0 Å². The summed E-state index contributed by atoms with van der Waals surface area (Å²) in [7, 11) is 0. The Morgan fingerprint density at radius 2 is 1.32 bits per heavy atom. The largest absolute Gasteiger partial charge is 0.504 e. The number of allylic oxidation sites excluding steroid dienone is 1. The Morgan fingerprint density at radius 3 is 1.91 bits per heavy atom. The maximum absolute atomic E-state index is 10.4. The summed E-state index contributed by atoms with van der Waals surface area (Å²) in [6, 6.07) is 6.34. The summed E-state index contributed by atoms with van der Waals surface area (Å²) in [6.45, 7) is 8.13. The smallest absolute Gasteiger partial charge is 0.162 e. The number of benzene rings is 2. The minimum atomic E-state index is -0.715. The van der Waals surface area contributed by atoms with Crippen molar-refractivity contribution in [3.05, 3.63) is 58.7 Å². The lowest BCUT2D eigenvalue weighted by Gasteiger charge is -2.30. The van der Waals surface area contributed by atoms with Crippen LogP contribution >= 0.6 is 0 Å². The fourth-order valence-electron chi connectivity index (χ4n) is 4.33. The van der Waals surface area contributed by atoms with Crippen LogP contribution in [0.25, 0.3) is 0 Å². The molecule has 0 aromatic heterocycles. The normalized spacial score (nSPS) is 27.8. The monoisotopic (exact) mass is 296 g/mol. The summed E-state index contributed by atoms with van der Waals surface area (Å²) in [6.07, 6.45) is 0. The van der Waals surface area contributed by atoms with Crippen molar-refractivity contribution in [3.8, 4) is 23.0 Å². The summed E-state index contributed by atoms with van der Waals surface area (Å²) in [5.74, 6) is -0.699. The molecule has 0 aliphatic heterocycles. The molecule has 0 amide bonds. The van der Waals surface area contributed by atoms with Gasteiger partial charge in [-0.2, -0.15) is 0 Å². The third-order valence-corrected chi connectivity index (χ3v) is 5.59. The van der Waals surface area contributed by atoms with Crippen molar-refractivity contribution < 1.29 is 20.4 Å². The first-order valence-electron chi connectivity index (χ1n) is 7.06. The van der Waals surface area contributed by atoms with E-state index < -0.39 is 10.8 Å². The first kappa shape index (κ1) is 13.1. The molecular formula is C18H16O4. The Kier molecular flexibility index (Phi) is 2.02. The summed E-state index contributed by atoms with van der Waals surface area (Å²) >= 11 is 0. The third-order valence-electron chi connectivity index (χ3n) is 5.59. The van der Waals surface area contributed by atoms with Crippen molar-refractivity contribution in [2.45, 2.75) is 24.7 Å². The van der Waals surface area contributed by atoms with E-state index in [0.29, 0.717) is 5.56 Å². The van der Waals surface area contributed by atoms with Crippen molar-refractivity contribution in [1.82, 2.24) is 0 Å². The highest BCUT2D eigenvalue weighted by Crippen LogP contribution is 2.69. The highest BCUT2D eigenvalue weighted by Gasteiger charge is 2.61. The zero-order chi connectivity index (χ0) is 16.0. The van der Waals surface area contributed by atoms with Gasteiger partial charge in [-0.3, -0.25) is 0 Å². The molecule has 4 nitrogen and oxygen atoms in total. The van der Waals surface area contributed by atoms with Gasteiger partial charge in [-0.15, -0.1) is 0 Å². The summed E-state index contributed by atoms with van der Waals surface area (Å²) in [5.41, 5.74) is 2.72. The Balaban J connectivity index is 2.19. The topological polar surface area (TPSA) is 80.9 Å². The standard InChI is InChI=1S/C18H16O4/c1-8-17(2)9-4-5-12(19)16(22)15(9)18(8,3)11-7-14(21)13(20)6-10(11)17/h4-7,19-22H,1H2,2-3H3. The molecule has 2 aromatic carbocycles. The van der Waals surface area contributed by atoms with Gasteiger partial charge in [-0.05, 0) is 54.3 Å². The number of fused-ring (bicyclic) bond motifs is 8. The molecule has 22 heavy (non-hydrogen) atoms. The first-order valence-corrected chi connectivity index (χ1v) is 7.06. The highest BCUT2D eigenvalue weighted by atomic mass is 16.3. The van der Waals surface area contributed by atoms with Crippen LogP contribution in [0.5, 0.6) is 23.0 Å². The van der Waals surface area contributed by atoms with E-state index in [1.165, 1.54) is 12.1 Å². The van der Waals surface area contributed by atoms with Crippen molar-refractivity contribution >= 4 is 0 Å². The lowest BCUT2D eigenvalue weighted by Crippen LogP contribution is -2.21. The molecule has 112 valence electrons. The number of aromatic hydroxyl groups is 4. The SMILES string of the molecule is C=C1C2(C)c3cc(O)c(O)cc3C1(C)c1c2ccc(O)c1O. The molecule has 0 saturated carbocycles. The Hall–Kier alpha value is -2.62. The summed E-state index contributed by atoms with van der Waals surface area (Å²) in [4.78, 5) is 0. The van der Waals surface area contributed by atoms with Gasteiger partial charge in [0.2, 0.25) is 0 Å². The molecule has 2 aliphatic carbocycles. The lowest BCUT2D eigenvalue weighted by molar-refractivity contribution is 0.393. The Morgan fingerprint density at radius 1 is 0.773 bits per heavy atom. The van der Waals surface area contributed by atoms with Crippen molar-refractivity contribution in [3.63, 3.8) is 0 Å². The van der Waals surface area contributed by atoms with Gasteiger partial charge in [0.1, 0.15) is 0 Å². The molecule has 4 rings (SSSR count). The molecule has 2 bridgehead atoms. The number of phenols is 4. The molecule has 2 aromatic rings. The zero-order valence-electron chi connectivity index (χ0n) is 12.3. The molecule has 0 heterocycles. The molecule has 0 fully saturated rings. The molecule has 2 atom stereocenters. The van der Waals surface area contributed by atoms with Gasteiger partial charge in [0, 0.05) is 16.4 Å². The van der Waals surface area contributed by atoms with Crippen LogP contribution in [0, 0.1) is 0 Å². The third kappa shape index (κ3) is 1.06.